The van der Waals surface area contributed by atoms with Crippen molar-refractivity contribution in [2.24, 2.45) is 12.8 Å². The van der Waals surface area contributed by atoms with E-state index in [4.69, 9.17) is 5.73 Å². The van der Waals surface area contributed by atoms with E-state index in [0.29, 0.717) is 6.54 Å². The van der Waals surface area contributed by atoms with Crippen LogP contribution in [0, 0.1) is 0 Å². The second-order valence-electron chi connectivity index (χ2n) is 2.97. The summed E-state index contributed by atoms with van der Waals surface area (Å²) in [7, 11) is 1.93. The van der Waals surface area contributed by atoms with Crippen molar-refractivity contribution in [3.05, 3.63) is 28.4 Å². The van der Waals surface area contributed by atoms with Gasteiger partial charge in [-0.15, -0.1) is 0 Å². The lowest BCUT2D eigenvalue weighted by molar-refractivity contribution is 0.796. The lowest BCUT2D eigenvalue weighted by Gasteiger charge is -2.01. The van der Waals surface area contributed by atoms with E-state index in [0.717, 1.165) is 20.9 Å². The average molecular weight is 240 g/mol. The zero-order chi connectivity index (χ0) is 9.42. The highest BCUT2D eigenvalue weighted by atomic mass is 79.9. The molecule has 0 amide bonds. The van der Waals surface area contributed by atoms with Gasteiger partial charge >= 0.3 is 0 Å². The predicted octanol–water partition coefficient (Wildman–Crippen LogP) is 1.79. The Morgan fingerprint density at radius 2 is 2.31 bits per heavy atom. The summed E-state index contributed by atoms with van der Waals surface area (Å²) in [6.07, 6.45) is 1.85. The van der Waals surface area contributed by atoms with Gasteiger partial charge in [-0.25, -0.2) is 0 Å². The number of hydrogen-bond acceptors (Lipinski definition) is 2. The molecule has 0 saturated carbocycles. The molecule has 0 aliphatic carbocycles. The monoisotopic (exact) mass is 239 g/mol. The van der Waals surface area contributed by atoms with Crippen molar-refractivity contribution >= 4 is 26.8 Å². The number of nitrogens with zero attached hydrogens (tertiary/aromatic N) is 2. The summed E-state index contributed by atoms with van der Waals surface area (Å²) < 4.78 is 2.90. The molecule has 0 aliphatic heterocycles. The van der Waals surface area contributed by atoms with Gasteiger partial charge in [0.1, 0.15) is 0 Å². The third kappa shape index (κ3) is 1.36. The van der Waals surface area contributed by atoms with Crippen LogP contribution in [0.2, 0.25) is 0 Å². The van der Waals surface area contributed by atoms with Crippen LogP contribution in [0.15, 0.2) is 22.8 Å². The van der Waals surface area contributed by atoms with Crippen molar-refractivity contribution in [2.75, 3.05) is 0 Å². The van der Waals surface area contributed by atoms with Crippen molar-refractivity contribution in [3.8, 4) is 0 Å². The standard InChI is InChI=1S/C9H10BrN3/c1-13-9-3-6(4-11)8(10)2-7(9)5-12-13/h2-3,5H,4,11H2,1H3. The minimum absolute atomic E-state index is 0.543. The summed E-state index contributed by atoms with van der Waals surface area (Å²) in [6.45, 7) is 0.543. The summed E-state index contributed by atoms with van der Waals surface area (Å²) in [5.41, 5.74) is 7.82. The van der Waals surface area contributed by atoms with Crippen LogP contribution >= 0.6 is 15.9 Å². The third-order valence-corrected chi connectivity index (χ3v) is 2.87. The Kier molecular flexibility index (Phi) is 2.09. The van der Waals surface area contributed by atoms with Gasteiger partial charge in [-0.05, 0) is 17.7 Å². The molecular weight excluding hydrogens is 230 g/mol. The Morgan fingerprint density at radius 1 is 1.54 bits per heavy atom. The van der Waals surface area contributed by atoms with E-state index in [1.165, 1.54) is 0 Å². The summed E-state index contributed by atoms with van der Waals surface area (Å²) in [6, 6.07) is 4.11. The van der Waals surface area contributed by atoms with Crippen molar-refractivity contribution in [1.82, 2.24) is 9.78 Å². The maximum Gasteiger partial charge on any atom is 0.0683 e. The van der Waals surface area contributed by atoms with E-state index in [1.807, 2.05) is 24.0 Å². The summed E-state index contributed by atoms with van der Waals surface area (Å²) in [4.78, 5) is 0. The van der Waals surface area contributed by atoms with Gasteiger partial charge < -0.3 is 5.73 Å². The van der Waals surface area contributed by atoms with E-state index < -0.39 is 0 Å². The zero-order valence-corrected chi connectivity index (χ0v) is 8.87. The molecule has 13 heavy (non-hydrogen) atoms. The van der Waals surface area contributed by atoms with Gasteiger partial charge in [-0.3, -0.25) is 4.68 Å². The van der Waals surface area contributed by atoms with Crippen LogP contribution in [0.3, 0.4) is 0 Å². The van der Waals surface area contributed by atoms with Gasteiger partial charge in [-0.1, -0.05) is 15.9 Å². The second kappa shape index (κ2) is 3.12. The number of benzene rings is 1. The molecule has 2 aromatic rings. The molecule has 0 fully saturated rings. The van der Waals surface area contributed by atoms with Crippen LogP contribution < -0.4 is 5.73 Å². The smallest absolute Gasteiger partial charge is 0.0683 e. The van der Waals surface area contributed by atoms with Gasteiger partial charge in [0.25, 0.3) is 0 Å². The first-order chi connectivity index (χ1) is 6.22. The molecule has 1 aromatic carbocycles. The zero-order valence-electron chi connectivity index (χ0n) is 7.29. The van der Waals surface area contributed by atoms with Crippen LogP contribution in [-0.2, 0) is 13.6 Å². The number of nitrogens with two attached hydrogens (primary N) is 1. The van der Waals surface area contributed by atoms with Crippen LogP contribution in [0.4, 0.5) is 0 Å². The molecule has 0 atom stereocenters. The number of hydrogen-bond donors (Lipinski definition) is 1. The Balaban J connectivity index is 2.77. The first kappa shape index (κ1) is 8.72. The van der Waals surface area contributed by atoms with Gasteiger partial charge in [0, 0.05) is 23.5 Å². The largest absolute Gasteiger partial charge is 0.326 e. The van der Waals surface area contributed by atoms with Gasteiger partial charge in [0.15, 0.2) is 0 Å². The van der Waals surface area contributed by atoms with Crippen molar-refractivity contribution in [2.45, 2.75) is 6.54 Å². The maximum atomic E-state index is 5.60. The number of rotatable bonds is 1. The minimum Gasteiger partial charge on any atom is -0.326 e. The predicted molar refractivity (Wildman–Crippen MR) is 56.3 cm³/mol. The summed E-state index contributed by atoms with van der Waals surface area (Å²) in [5.74, 6) is 0. The Labute approximate surface area is 84.7 Å². The average Bonchev–Trinajstić information content (AvgIpc) is 2.46. The van der Waals surface area contributed by atoms with Gasteiger partial charge in [0.2, 0.25) is 0 Å². The molecule has 3 nitrogen and oxygen atoms in total. The highest BCUT2D eigenvalue weighted by Gasteiger charge is 2.04. The molecule has 0 radical (unpaired) electrons. The second-order valence-corrected chi connectivity index (χ2v) is 3.83. The fourth-order valence-electron chi connectivity index (χ4n) is 1.37. The molecule has 2 rings (SSSR count). The molecule has 4 heteroatoms. The van der Waals surface area contributed by atoms with E-state index in [2.05, 4.69) is 27.1 Å². The topological polar surface area (TPSA) is 43.8 Å². The number of halogens is 1. The van der Waals surface area contributed by atoms with Gasteiger partial charge in [0.05, 0.1) is 11.7 Å². The first-order valence-electron chi connectivity index (χ1n) is 4.02. The quantitative estimate of drug-likeness (QED) is 0.825. The molecule has 1 heterocycles. The lowest BCUT2D eigenvalue weighted by Crippen LogP contribution is -1.98. The van der Waals surface area contributed by atoms with Crippen LogP contribution in [0.5, 0.6) is 0 Å². The highest BCUT2D eigenvalue weighted by molar-refractivity contribution is 9.10. The lowest BCUT2D eigenvalue weighted by atomic mass is 10.2. The number of fused-ring (bicyclic) bond motifs is 1. The van der Waals surface area contributed by atoms with E-state index >= 15 is 0 Å². The Morgan fingerprint density at radius 3 is 3.00 bits per heavy atom. The molecule has 2 N–H and O–H groups in total. The molecule has 68 valence electrons. The van der Waals surface area contributed by atoms with Crippen LogP contribution in [0.25, 0.3) is 10.9 Å². The molecule has 0 aliphatic rings. The van der Waals surface area contributed by atoms with Crippen molar-refractivity contribution in [1.29, 1.82) is 0 Å². The Bertz CT molecular complexity index is 447. The van der Waals surface area contributed by atoms with Crippen molar-refractivity contribution in [3.63, 3.8) is 0 Å². The van der Waals surface area contributed by atoms with Gasteiger partial charge in [-0.2, -0.15) is 5.10 Å². The first-order valence-corrected chi connectivity index (χ1v) is 4.82. The third-order valence-electron chi connectivity index (χ3n) is 2.13. The molecule has 0 saturated heterocycles. The molecule has 0 unspecified atom stereocenters. The highest BCUT2D eigenvalue weighted by Crippen LogP contribution is 2.23. The summed E-state index contributed by atoms with van der Waals surface area (Å²) in [5, 5.41) is 5.30. The Hall–Kier alpha value is -0.870. The molecule has 0 bridgehead atoms. The fourth-order valence-corrected chi connectivity index (χ4v) is 1.89. The minimum atomic E-state index is 0.543. The van der Waals surface area contributed by atoms with Crippen molar-refractivity contribution < 1.29 is 0 Å². The van der Waals surface area contributed by atoms with E-state index in [9.17, 15) is 0 Å². The van der Waals surface area contributed by atoms with Crippen LogP contribution in [0.1, 0.15) is 5.56 Å². The summed E-state index contributed by atoms with van der Waals surface area (Å²) >= 11 is 3.47. The normalized spacial score (nSPS) is 11.0. The van der Waals surface area contributed by atoms with E-state index in [-0.39, 0.29) is 0 Å². The van der Waals surface area contributed by atoms with Crippen LogP contribution in [-0.4, -0.2) is 9.78 Å². The van der Waals surface area contributed by atoms with E-state index in [1.54, 1.807) is 0 Å². The molecule has 1 aromatic heterocycles. The fraction of sp³-hybridized carbons (Fsp3) is 0.222. The number of aromatic nitrogens is 2. The number of aryl methyl sites for hydroxylation is 1. The SMILES string of the molecule is Cn1ncc2cc(Br)c(CN)cc21. The molecular formula is C9H10BrN3. The molecule has 0 spiro atoms. The maximum absolute atomic E-state index is 5.60.